The van der Waals surface area contributed by atoms with Gasteiger partial charge in [-0.1, -0.05) is 39.0 Å². The summed E-state index contributed by atoms with van der Waals surface area (Å²) in [5.74, 6) is 0.410. The number of hydrogen-bond acceptors (Lipinski definition) is 3. The molecule has 0 bridgehead atoms. The number of benzene rings is 1. The Labute approximate surface area is 91.2 Å². The molecule has 0 heterocycles. The highest BCUT2D eigenvalue weighted by molar-refractivity contribution is 7.86. The van der Waals surface area contributed by atoms with E-state index in [1.807, 2.05) is 32.9 Å². The summed E-state index contributed by atoms with van der Waals surface area (Å²) in [6.07, 6.45) is 1.05. The van der Waals surface area contributed by atoms with Crippen LogP contribution in [0.25, 0.3) is 0 Å². The molecule has 0 saturated heterocycles. The molecular weight excluding hydrogens is 212 g/mol. The van der Waals surface area contributed by atoms with Gasteiger partial charge in [0.1, 0.15) is 5.75 Å². The zero-order chi connectivity index (χ0) is 11.7. The molecule has 3 nitrogen and oxygen atoms in total. The first-order valence-corrected chi connectivity index (χ1v) is 6.51. The average molecular weight is 228 g/mol. The summed E-state index contributed by atoms with van der Waals surface area (Å²) in [5.41, 5.74) is 0.747. The van der Waals surface area contributed by atoms with E-state index in [0.29, 0.717) is 5.75 Å². The van der Waals surface area contributed by atoms with Crippen molar-refractivity contribution in [2.75, 3.05) is 6.26 Å². The Hall–Kier alpha value is -1.03. The first kappa shape index (κ1) is 12.0. The van der Waals surface area contributed by atoms with E-state index < -0.39 is 10.1 Å². The van der Waals surface area contributed by atoms with Crippen molar-refractivity contribution in [2.45, 2.75) is 26.2 Å². The maximum atomic E-state index is 11.1. The van der Waals surface area contributed by atoms with Gasteiger partial charge in [0.2, 0.25) is 0 Å². The molecule has 1 aromatic rings. The van der Waals surface area contributed by atoms with E-state index in [1.54, 1.807) is 12.1 Å². The smallest absolute Gasteiger partial charge is 0.306 e. The fourth-order valence-electron chi connectivity index (χ4n) is 1.32. The highest BCUT2D eigenvalue weighted by Gasteiger charge is 2.20. The highest BCUT2D eigenvalue weighted by atomic mass is 32.2. The molecule has 0 aliphatic rings. The molecule has 0 spiro atoms. The topological polar surface area (TPSA) is 43.4 Å². The lowest BCUT2D eigenvalue weighted by Crippen LogP contribution is -2.15. The summed E-state index contributed by atoms with van der Waals surface area (Å²) < 4.78 is 27.0. The van der Waals surface area contributed by atoms with E-state index in [1.165, 1.54) is 0 Å². The quantitative estimate of drug-likeness (QED) is 0.730. The number of rotatable bonds is 2. The summed E-state index contributed by atoms with van der Waals surface area (Å²) >= 11 is 0. The van der Waals surface area contributed by atoms with Gasteiger partial charge in [0, 0.05) is 5.56 Å². The van der Waals surface area contributed by atoms with Gasteiger partial charge in [0.15, 0.2) is 0 Å². The molecule has 4 heteroatoms. The minimum absolute atomic E-state index is 0.138. The molecule has 0 saturated carbocycles. The van der Waals surface area contributed by atoms with Crippen molar-refractivity contribution in [2.24, 2.45) is 0 Å². The van der Waals surface area contributed by atoms with Crippen molar-refractivity contribution < 1.29 is 12.6 Å². The van der Waals surface area contributed by atoms with E-state index in [-0.39, 0.29) is 5.41 Å². The van der Waals surface area contributed by atoms with Crippen molar-refractivity contribution in [3.05, 3.63) is 29.8 Å². The SMILES string of the molecule is CC(C)(C)c1ccccc1OS(C)(=O)=O. The van der Waals surface area contributed by atoms with Gasteiger partial charge in [-0.3, -0.25) is 0 Å². The van der Waals surface area contributed by atoms with Gasteiger partial charge in [0.25, 0.3) is 0 Å². The van der Waals surface area contributed by atoms with Crippen LogP contribution in [0.4, 0.5) is 0 Å². The molecule has 0 aliphatic carbocycles. The Bertz CT molecular complexity index is 441. The summed E-state index contributed by atoms with van der Waals surface area (Å²) in [4.78, 5) is 0. The van der Waals surface area contributed by atoms with Crippen LogP contribution in [0.15, 0.2) is 24.3 Å². The molecule has 1 rings (SSSR count). The van der Waals surface area contributed by atoms with Crippen LogP contribution in [0.3, 0.4) is 0 Å². The Morgan fingerprint density at radius 1 is 1.13 bits per heavy atom. The number of para-hydroxylation sites is 1. The monoisotopic (exact) mass is 228 g/mol. The van der Waals surface area contributed by atoms with Crippen LogP contribution in [-0.4, -0.2) is 14.7 Å². The van der Waals surface area contributed by atoms with Gasteiger partial charge in [-0.15, -0.1) is 0 Å². The summed E-state index contributed by atoms with van der Waals surface area (Å²) in [5, 5.41) is 0. The second-order valence-electron chi connectivity index (χ2n) is 4.53. The Kier molecular flexibility index (Phi) is 3.09. The van der Waals surface area contributed by atoms with Gasteiger partial charge in [-0.25, -0.2) is 0 Å². The zero-order valence-electron chi connectivity index (χ0n) is 9.44. The van der Waals surface area contributed by atoms with Gasteiger partial charge in [0.05, 0.1) is 6.26 Å². The standard InChI is InChI=1S/C11H16O3S/c1-11(2,3)9-7-5-6-8-10(9)14-15(4,12)13/h5-8H,1-4H3. The van der Waals surface area contributed by atoms with E-state index >= 15 is 0 Å². The Morgan fingerprint density at radius 2 is 1.67 bits per heavy atom. The molecule has 15 heavy (non-hydrogen) atoms. The average Bonchev–Trinajstić information content (AvgIpc) is 1.99. The molecule has 0 unspecified atom stereocenters. The predicted octanol–water partition coefficient (Wildman–Crippen LogP) is 2.32. The molecule has 0 amide bonds. The van der Waals surface area contributed by atoms with Crippen LogP contribution in [0.1, 0.15) is 26.3 Å². The molecular formula is C11H16O3S. The summed E-state index contributed by atoms with van der Waals surface area (Å²) in [7, 11) is -3.46. The third kappa shape index (κ3) is 3.55. The lowest BCUT2D eigenvalue weighted by atomic mass is 9.86. The van der Waals surface area contributed by atoms with E-state index in [0.717, 1.165) is 11.8 Å². The third-order valence-corrected chi connectivity index (χ3v) is 2.42. The molecule has 1 aromatic carbocycles. The van der Waals surface area contributed by atoms with Crippen molar-refractivity contribution in [1.82, 2.24) is 0 Å². The molecule has 0 N–H and O–H groups in total. The minimum atomic E-state index is -3.46. The predicted molar refractivity (Wildman–Crippen MR) is 60.6 cm³/mol. The van der Waals surface area contributed by atoms with Crippen LogP contribution in [0.2, 0.25) is 0 Å². The van der Waals surface area contributed by atoms with Crippen LogP contribution in [-0.2, 0) is 15.5 Å². The highest BCUT2D eigenvalue weighted by Crippen LogP contribution is 2.31. The maximum Gasteiger partial charge on any atom is 0.306 e. The lowest BCUT2D eigenvalue weighted by Gasteiger charge is -2.21. The molecule has 0 atom stereocenters. The zero-order valence-corrected chi connectivity index (χ0v) is 10.3. The van der Waals surface area contributed by atoms with Crippen LogP contribution in [0.5, 0.6) is 5.75 Å². The van der Waals surface area contributed by atoms with E-state index in [9.17, 15) is 8.42 Å². The van der Waals surface area contributed by atoms with Crippen LogP contribution in [0, 0.1) is 0 Å². The van der Waals surface area contributed by atoms with Gasteiger partial charge in [-0.05, 0) is 11.5 Å². The van der Waals surface area contributed by atoms with Gasteiger partial charge in [-0.2, -0.15) is 8.42 Å². The van der Waals surface area contributed by atoms with Crippen molar-refractivity contribution in [3.8, 4) is 5.75 Å². The van der Waals surface area contributed by atoms with Crippen LogP contribution >= 0.6 is 0 Å². The van der Waals surface area contributed by atoms with Crippen molar-refractivity contribution in [1.29, 1.82) is 0 Å². The normalized spacial score (nSPS) is 12.5. The summed E-state index contributed by atoms with van der Waals surface area (Å²) in [6.45, 7) is 6.03. The molecule has 84 valence electrons. The maximum absolute atomic E-state index is 11.1. The van der Waals surface area contributed by atoms with E-state index in [4.69, 9.17) is 4.18 Å². The fourth-order valence-corrected chi connectivity index (χ4v) is 1.79. The minimum Gasteiger partial charge on any atom is -0.382 e. The first-order chi connectivity index (χ1) is 6.70. The van der Waals surface area contributed by atoms with Crippen LogP contribution < -0.4 is 4.18 Å². The third-order valence-electron chi connectivity index (χ3n) is 1.94. The second-order valence-corrected chi connectivity index (χ2v) is 6.11. The molecule has 0 radical (unpaired) electrons. The first-order valence-electron chi connectivity index (χ1n) is 4.69. The Morgan fingerprint density at radius 3 is 2.13 bits per heavy atom. The van der Waals surface area contributed by atoms with Gasteiger partial charge < -0.3 is 4.18 Å². The molecule has 0 aliphatic heterocycles. The van der Waals surface area contributed by atoms with Crippen molar-refractivity contribution >= 4 is 10.1 Å². The fraction of sp³-hybridized carbons (Fsp3) is 0.455. The second kappa shape index (κ2) is 3.85. The number of hydrogen-bond donors (Lipinski definition) is 0. The van der Waals surface area contributed by atoms with Crippen molar-refractivity contribution in [3.63, 3.8) is 0 Å². The lowest BCUT2D eigenvalue weighted by molar-refractivity contribution is 0.476. The molecule has 0 fully saturated rings. The molecule has 0 aromatic heterocycles. The van der Waals surface area contributed by atoms with E-state index in [2.05, 4.69) is 0 Å². The van der Waals surface area contributed by atoms with Gasteiger partial charge >= 0.3 is 10.1 Å². The Balaban J connectivity index is 3.19. The largest absolute Gasteiger partial charge is 0.382 e. The summed E-state index contributed by atoms with van der Waals surface area (Å²) in [6, 6.07) is 7.17.